The quantitative estimate of drug-likeness (QED) is 0.775. The summed E-state index contributed by atoms with van der Waals surface area (Å²) in [7, 11) is 1.27. The molecule has 0 aromatic rings. The Balaban J connectivity index is 2.32. The number of carboxylic acids is 1. The molecule has 0 aromatic carbocycles. The molecule has 21 heavy (non-hydrogen) atoms. The van der Waals surface area contributed by atoms with Crippen molar-refractivity contribution in [3.63, 3.8) is 0 Å². The maximum absolute atomic E-state index is 12.3. The summed E-state index contributed by atoms with van der Waals surface area (Å²) in [6.07, 6.45) is 0.0267. The van der Waals surface area contributed by atoms with E-state index in [1.54, 1.807) is 20.8 Å². The van der Waals surface area contributed by atoms with Gasteiger partial charge in [0, 0.05) is 6.54 Å². The van der Waals surface area contributed by atoms with Gasteiger partial charge in [0.1, 0.15) is 11.1 Å². The Labute approximate surface area is 123 Å². The number of carboxylic acid groups (broad SMARTS) is 1. The van der Waals surface area contributed by atoms with Crippen molar-refractivity contribution in [1.29, 1.82) is 0 Å². The number of aliphatic carboxylic acids is 1. The van der Waals surface area contributed by atoms with Crippen molar-refractivity contribution in [2.24, 2.45) is 5.41 Å². The first-order valence-corrected chi connectivity index (χ1v) is 6.89. The summed E-state index contributed by atoms with van der Waals surface area (Å²) >= 11 is 0. The second-order valence-corrected chi connectivity index (χ2v) is 6.85. The SMILES string of the molecule is COC(=O)C12CCC(C(=O)O)(C1)N(C(=O)OC(C)(C)C)C2. The van der Waals surface area contributed by atoms with E-state index in [4.69, 9.17) is 9.47 Å². The third kappa shape index (κ3) is 2.34. The summed E-state index contributed by atoms with van der Waals surface area (Å²) in [5.41, 5.74) is -3.02. The number of piperidine rings is 1. The molecule has 1 saturated heterocycles. The van der Waals surface area contributed by atoms with Gasteiger partial charge in [-0.15, -0.1) is 0 Å². The van der Waals surface area contributed by atoms with E-state index in [0.717, 1.165) is 0 Å². The van der Waals surface area contributed by atoms with Crippen LogP contribution in [-0.4, -0.2) is 52.8 Å². The number of hydrogen-bond donors (Lipinski definition) is 1. The van der Waals surface area contributed by atoms with Crippen molar-refractivity contribution < 1.29 is 29.0 Å². The van der Waals surface area contributed by atoms with Crippen molar-refractivity contribution in [2.45, 2.75) is 51.2 Å². The van der Waals surface area contributed by atoms with E-state index in [0.29, 0.717) is 6.42 Å². The van der Waals surface area contributed by atoms with Gasteiger partial charge < -0.3 is 14.6 Å². The fraction of sp³-hybridized carbons (Fsp3) is 0.786. The van der Waals surface area contributed by atoms with E-state index in [-0.39, 0.29) is 19.4 Å². The summed E-state index contributed by atoms with van der Waals surface area (Å²) < 4.78 is 10.1. The normalized spacial score (nSPS) is 31.1. The molecule has 2 fully saturated rings. The highest BCUT2D eigenvalue weighted by atomic mass is 16.6. The van der Waals surface area contributed by atoms with Crippen LogP contribution in [0.2, 0.25) is 0 Å². The number of nitrogens with zero attached hydrogens (tertiary/aromatic N) is 1. The molecule has 0 radical (unpaired) electrons. The lowest BCUT2D eigenvalue weighted by Crippen LogP contribution is -2.55. The Morgan fingerprint density at radius 2 is 1.81 bits per heavy atom. The fourth-order valence-corrected chi connectivity index (χ4v) is 3.31. The fourth-order valence-electron chi connectivity index (χ4n) is 3.31. The van der Waals surface area contributed by atoms with Crippen LogP contribution in [0.1, 0.15) is 40.0 Å². The van der Waals surface area contributed by atoms with Crippen molar-refractivity contribution in [2.75, 3.05) is 13.7 Å². The highest BCUT2D eigenvalue weighted by molar-refractivity contribution is 5.90. The molecule has 1 saturated carbocycles. The molecule has 7 nitrogen and oxygen atoms in total. The van der Waals surface area contributed by atoms with Crippen LogP contribution in [0.15, 0.2) is 0 Å². The van der Waals surface area contributed by atoms with E-state index >= 15 is 0 Å². The van der Waals surface area contributed by atoms with Gasteiger partial charge in [0.15, 0.2) is 0 Å². The Kier molecular flexibility index (Phi) is 3.42. The van der Waals surface area contributed by atoms with Gasteiger partial charge in [-0.3, -0.25) is 9.69 Å². The lowest BCUT2D eigenvalue weighted by molar-refractivity contribution is -0.153. The molecular formula is C14H21NO6. The molecule has 2 aliphatic rings. The zero-order chi connectivity index (χ0) is 16.1. The predicted octanol–water partition coefficient (Wildman–Crippen LogP) is 1.40. The van der Waals surface area contributed by atoms with Gasteiger partial charge in [-0.1, -0.05) is 0 Å². The maximum Gasteiger partial charge on any atom is 0.411 e. The number of carbonyl (C=O) groups excluding carboxylic acids is 2. The van der Waals surface area contributed by atoms with Crippen molar-refractivity contribution in [1.82, 2.24) is 4.90 Å². The van der Waals surface area contributed by atoms with Crippen LogP contribution in [0.25, 0.3) is 0 Å². The van der Waals surface area contributed by atoms with Gasteiger partial charge in [0.05, 0.1) is 12.5 Å². The first kappa shape index (κ1) is 15.6. The largest absolute Gasteiger partial charge is 0.479 e. The van der Waals surface area contributed by atoms with Crippen LogP contribution in [0.3, 0.4) is 0 Å². The minimum Gasteiger partial charge on any atom is -0.479 e. The van der Waals surface area contributed by atoms with E-state index in [1.807, 2.05) is 0 Å². The molecule has 1 aliphatic carbocycles. The molecule has 1 heterocycles. The molecule has 0 aromatic heterocycles. The topological polar surface area (TPSA) is 93.1 Å². The molecular weight excluding hydrogens is 278 g/mol. The first-order valence-electron chi connectivity index (χ1n) is 6.89. The van der Waals surface area contributed by atoms with Gasteiger partial charge in [-0.25, -0.2) is 9.59 Å². The van der Waals surface area contributed by atoms with Gasteiger partial charge in [-0.2, -0.15) is 0 Å². The average molecular weight is 299 g/mol. The molecule has 2 unspecified atom stereocenters. The summed E-state index contributed by atoms with van der Waals surface area (Å²) in [5.74, 6) is -1.56. The lowest BCUT2D eigenvalue weighted by Gasteiger charge is -2.37. The van der Waals surface area contributed by atoms with Crippen molar-refractivity contribution >= 4 is 18.0 Å². The minimum atomic E-state index is -1.36. The van der Waals surface area contributed by atoms with Gasteiger partial charge in [0.25, 0.3) is 0 Å². The number of ether oxygens (including phenoxy) is 2. The van der Waals surface area contributed by atoms with E-state index < -0.39 is 34.6 Å². The zero-order valence-corrected chi connectivity index (χ0v) is 12.8. The van der Waals surface area contributed by atoms with Gasteiger partial charge in [-0.05, 0) is 40.0 Å². The smallest absolute Gasteiger partial charge is 0.411 e. The molecule has 118 valence electrons. The molecule has 0 spiro atoms. The van der Waals surface area contributed by atoms with Crippen LogP contribution in [-0.2, 0) is 19.1 Å². The third-order valence-corrected chi connectivity index (χ3v) is 4.26. The van der Waals surface area contributed by atoms with Gasteiger partial charge >= 0.3 is 18.0 Å². The Hall–Kier alpha value is -1.79. The molecule has 2 bridgehead atoms. The molecule has 1 aliphatic heterocycles. The van der Waals surface area contributed by atoms with Crippen molar-refractivity contribution in [3.8, 4) is 0 Å². The highest BCUT2D eigenvalue weighted by Crippen LogP contribution is 2.55. The second kappa shape index (κ2) is 4.61. The molecule has 7 heteroatoms. The number of amides is 1. The monoisotopic (exact) mass is 299 g/mol. The van der Waals surface area contributed by atoms with Gasteiger partial charge in [0.2, 0.25) is 0 Å². The summed E-state index contributed by atoms with van der Waals surface area (Å²) in [6.45, 7) is 5.16. The molecule has 2 rings (SSSR count). The number of carbonyl (C=O) groups is 3. The summed E-state index contributed by atoms with van der Waals surface area (Å²) in [5, 5.41) is 9.58. The molecule has 1 N–H and O–H groups in total. The minimum absolute atomic E-state index is 0.0287. The van der Waals surface area contributed by atoms with E-state index in [2.05, 4.69) is 0 Å². The Bertz CT molecular complexity index is 496. The summed E-state index contributed by atoms with van der Waals surface area (Å²) in [4.78, 5) is 37.2. The second-order valence-electron chi connectivity index (χ2n) is 6.85. The number of rotatable bonds is 2. The van der Waals surface area contributed by atoms with Crippen LogP contribution in [0.4, 0.5) is 4.79 Å². The van der Waals surface area contributed by atoms with Crippen LogP contribution in [0.5, 0.6) is 0 Å². The first-order chi connectivity index (χ1) is 9.56. The Morgan fingerprint density at radius 3 is 2.29 bits per heavy atom. The van der Waals surface area contributed by atoms with E-state index in [1.165, 1.54) is 12.0 Å². The Morgan fingerprint density at radius 1 is 1.19 bits per heavy atom. The zero-order valence-electron chi connectivity index (χ0n) is 12.8. The number of esters is 1. The number of likely N-dealkylation sites (tertiary alicyclic amines) is 1. The highest BCUT2D eigenvalue weighted by Gasteiger charge is 2.68. The standard InChI is InChI=1S/C14H21NO6/c1-12(2,3)21-11(19)15-8-13(10(18)20-4)5-6-14(15,7-13)9(16)17/h5-8H2,1-4H3,(H,16,17). The summed E-state index contributed by atoms with van der Waals surface area (Å²) in [6, 6.07) is 0. The van der Waals surface area contributed by atoms with Crippen LogP contribution in [0, 0.1) is 5.41 Å². The average Bonchev–Trinajstić information content (AvgIpc) is 2.91. The molecule has 2 atom stereocenters. The lowest BCUT2D eigenvalue weighted by atomic mass is 9.87. The molecule has 1 amide bonds. The third-order valence-electron chi connectivity index (χ3n) is 4.26. The number of fused-ring (bicyclic) bond motifs is 2. The maximum atomic E-state index is 12.3. The van der Waals surface area contributed by atoms with Crippen LogP contribution < -0.4 is 0 Å². The van der Waals surface area contributed by atoms with Crippen LogP contribution >= 0.6 is 0 Å². The van der Waals surface area contributed by atoms with Crippen molar-refractivity contribution in [3.05, 3.63) is 0 Å². The van der Waals surface area contributed by atoms with E-state index in [9.17, 15) is 19.5 Å². The predicted molar refractivity (Wildman–Crippen MR) is 71.6 cm³/mol. The number of methoxy groups -OCH3 is 1. The number of hydrogen-bond acceptors (Lipinski definition) is 5.